The zero-order valence-electron chi connectivity index (χ0n) is 8.07. The zero-order chi connectivity index (χ0) is 10.1. The molecule has 1 aromatic rings. The van der Waals surface area contributed by atoms with Gasteiger partial charge in [0.15, 0.2) is 11.1 Å². The van der Waals surface area contributed by atoms with Crippen molar-refractivity contribution in [2.75, 3.05) is 0 Å². The molecule has 4 heteroatoms. The molecule has 0 saturated carbocycles. The Kier molecular flexibility index (Phi) is 5.55. The van der Waals surface area contributed by atoms with E-state index < -0.39 is 11.1 Å². The monoisotopic (exact) mass is 222 g/mol. The van der Waals surface area contributed by atoms with Gasteiger partial charge < -0.3 is 4.55 Å². The fourth-order valence-electron chi connectivity index (χ4n) is 1.07. The molecule has 0 bridgehead atoms. The Bertz CT molecular complexity index is 331. The normalized spacial score (nSPS) is 13.1. The van der Waals surface area contributed by atoms with Crippen LogP contribution in [-0.2, 0) is 16.5 Å². The van der Waals surface area contributed by atoms with Gasteiger partial charge in [-0.15, -0.1) is 0 Å². The van der Waals surface area contributed by atoms with Crippen LogP contribution in [0.4, 0.5) is 0 Å². The van der Waals surface area contributed by atoms with Gasteiger partial charge in [0.1, 0.15) is 0 Å². The Morgan fingerprint density at radius 2 is 1.86 bits per heavy atom. The Balaban J connectivity index is 0.00000169. The van der Waals surface area contributed by atoms with Crippen molar-refractivity contribution in [1.29, 1.82) is 0 Å². The molecule has 0 saturated heterocycles. The molecule has 1 aromatic carbocycles. The summed E-state index contributed by atoms with van der Waals surface area (Å²) in [5, 5.41) is 0. The van der Waals surface area contributed by atoms with Crippen molar-refractivity contribution in [2.45, 2.75) is 31.1 Å². The minimum atomic E-state index is -1.87. The van der Waals surface area contributed by atoms with E-state index in [4.69, 9.17) is 4.55 Å². The summed E-state index contributed by atoms with van der Waals surface area (Å²) >= 11 is -1.87. The van der Waals surface area contributed by atoms with Gasteiger partial charge in [-0.3, -0.25) is 0 Å². The van der Waals surface area contributed by atoms with Gasteiger partial charge >= 0.3 is 29.6 Å². The van der Waals surface area contributed by atoms with Gasteiger partial charge in [-0.1, -0.05) is 32.9 Å². The van der Waals surface area contributed by atoms with E-state index in [2.05, 4.69) is 20.8 Å². The molecule has 0 heterocycles. The third kappa shape index (κ3) is 3.83. The van der Waals surface area contributed by atoms with Crippen LogP contribution in [-0.4, -0.2) is 38.3 Å². The summed E-state index contributed by atoms with van der Waals surface area (Å²) in [5.74, 6) is 0. The zero-order valence-corrected chi connectivity index (χ0v) is 8.89. The minimum absolute atomic E-state index is 0. The predicted molar refractivity (Wildman–Crippen MR) is 61.3 cm³/mol. The van der Waals surface area contributed by atoms with E-state index in [1.807, 2.05) is 12.1 Å². The summed E-state index contributed by atoms with van der Waals surface area (Å²) < 4.78 is 19.7. The van der Waals surface area contributed by atoms with E-state index in [0.29, 0.717) is 4.90 Å². The molecule has 0 spiro atoms. The predicted octanol–water partition coefficient (Wildman–Crippen LogP) is 1.92. The molecule has 74 valence electrons. The maximum absolute atomic E-state index is 10.8. The standard InChI is InChI=1S/C10H14O2S.Na.H/c1-10(2,3)8-5-4-6-9(7-8)13(11)12;;/h4-7H,1-3H3,(H,11,12);;. The second-order valence-electron chi connectivity index (χ2n) is 4.03. The second kappa shape index (κ2) is 5.42. The van der Waals surface area contributed by atoms with Crippen LogP contribution in [0.1, 0.15) is 26.3 Å². The molecule has 2 nitrogen and oxygen atoms in total. The number of benzene rings is 1. The van der Waals surface area contributed by atoms with Gasteiger partial charge in [0.05, 0.1) is 4.90 Å². The average Bonchev–Trinajstić information content (AvgIpc) is 2.03. The molecule has 0 radical (unpaired) electrons. The first-order valence-corrected chi connectivity index (χ1v) is 5.23. The van der Waals surface area contributed by atoms with Crippen LogP contribution in [0.5, 0.6) is 0 Å². The maximum atomic E-state index is 10.8. The molecular formula is C10H15NaO2S. The van der Waals surface area contributed by atoms with E-state index >= 15 is 0 Å². The summed E-state index contributed by atoms with van der Waals surface area (Å²) in [6, 6.07) is 7.21. The van der Waals surface area contributed by atoms with Crippen molar-refractivity contribution < 1.29 is 8.76 Å². The van der Waals surface area contributed by atoms with Gasteiger partial charge in [-0.2, -0.15) is 0 Å². The molecule has 0 fully saturated rings. The SMILES string of the molecule is CC(C)(C)c1cccc(S(=O)O)c1.[NaH]. The van der Waals surface area contributed by atoms with Gasteiger partial charge in [0.25, 0.3) is 0 Å². The van der Waals surface area contributed by atoms with Crippen LogP contribution in [0.15, 0.2) is 29.2 Å². The number of hydrogen-bond acceptors (Lipinski definition) is 1. The van der Waals surface area contributed by atoms with Crippen molar-refractivity contribution in [3.8, 4) is 0 Å². The van der Waals surface area contributed by atoms with E-state index in [-0.39, 0.29) is 35.0 Å². The number of hydrogen-bond donors (Lipinski definition) is 1. The van der Waals surface area contributed by atoms with Crippen LogP contribution < -0.4 is 0 Å². The Morgan fingerprint density at radius 1 is 1.29 bits per heavy atom. The van der Waals surface area contributed by atoms with Crippen LogP contribution in [0.2, 0.25) is 0 Å². The van der Waals surface area contributed by atoms with Crippen LogP contribution in [0, 0.1) is 0 Å². The molecule has 1 atom stereocenters. The molecule has 0 amide bonds. The molecule has 0 aliphatic heterocycles. The third-order valence-electron chi connectivity index (χ3n) is 1.90. The molecule has 1 rings (SSSR count). The first-order valence-electron chi connectivity index (χ1n) is 4.12. The van der Waals surface area contributed by atoms with Crippen molar-refractivity contribution in [1.82, 2.24) is 0 Å². The van der Waals surface area contributed by atoms with Gasteiger partial charge in [-0.05, 0) is 23.1 Å². The fraction of sp³-hybridized carbons (Fsp3) is 0.400. The summed E-state index contributed by atoms with van der Waals surface area (Å²) in [5.41, 5.74) is 1.10. The van der Waals surface area contributed by atoms with Crippen molar-refractivity contribution in [2.24, 2.45) is 0 Å². The van der Waals surface area contributed by atoms with Crippen LogP contribution in [0.25, 0.3) is 0 Å². The summed E-state index contributed by atoms with van der Waals surface area (Å²) in [6.07, 6.45) is 0. The summed E-state index contributed by atoms with van der Waals surface area (Å²) in [7, 11) is 0. The van der Waals surface area contributed by atoms with Crippen molar-refractivity contribution >= 4 is 40.6 Å². The Hall–Kier alpha value is 0.330. The topological polar surface area (TPSA) is 37.3 Å². The Labute approximate surface area is 110 Å². The van der Waals surface area contributed by atoms with E-state index in [1.165, 1.54) is 0 Å². The molecule has 1 unspecified atom stereocenters. The molecule has 14 heavy (non-hydrogen) atoms. The molecular weight excluding hydrogens is 207 g/mol. The summed E-state index contributed by atoms with van der Waals surface area (Å²) in [4.78, 5) is 0.465. The first kappa shape index (κ1) is 14.3. The quantitative estimate of drug-likeness (QED) is 0.582. The third-order valence-corrected chi connectivity index (χ3v) is 2.56. The van der Waals surface area contributed by atoms with Gasteiger partial charge in [0.2, 0.25) is 0 Å². The second-order valence-corrected chi connectivity index (χ2v) is 5.00. The average molecular weight is 222 g/mol. The Morgan fingerprint density at radius 3 is 2.29 bits per heavy atom. The first-order chi connectivity index (χ1) is 5.91. The fourth-order valence-corrected chi connectivity index (χ4v) is 1.49. The molecule has 0 aliphatic carbocycles. The van der Waals surface area contributed by atoms with E-state index in [9.17, 15) is 4.21 Å². The molecule has 1 N–H and O–H groups in total. The van der Waals surface area contributed by atoms with Crippen molar-refractivity contribution in [3.63, 3.8) is 0 Å². The number of rotatable bonds is 1. The van der Waals surface area contributed by atoms with Gasteiger partial charge in [-0.25, -0.2) is 4.21 Å². The van der Waals surface area contributed by atoms with Gasteiger partial charge in [0, 0.05) is 0 Å². The van der Waals surface area contributed by atoms with Crippen molar-refractivity contribution in [3.05, 3.63) is 29.8 Å². The van der Waals surface area contributed by atoms with E-state index in [0.717, 1.165) is 5.56 Å². The molecule has 0 aliphatic rings. The van der Waals surface area contributed by atoms with Crippen LogP contribution in [0.3, 0.4) is 0 Å². The summed E-state index contributed by atoms with van der Waals surface area (Å²) in [6.45, 7) is 6.23. The van der Waals surface area contributed by atoms with E-state index in [1.54, 1.807) is 12.1 Å². The van der Waals surface area contributed by atoms with Crippen LogP contribution >= 0.6 is 0 Å². The molecule has 0 aromatic heterocycles.